The van der Waals surface area contributed by atoms with E-state index in [2.05, 4.69) is 22.2 Å². The summed E-state index contributed by atoms with van der Waals surface area (Å²) in [4.78, 5) is 3.33. The van der Waals surface area contributed by atoms with Crippen LogP contribution in [-0.4, -0.2) is 11.2 Å². The van der Waals surface area contributed by atoms with Gasteiger partial charge in [-0.1, -0.05) is 0 Å². The lowest BCUT2D eigenvalue weighted by atomic mass is 10.6. The summed E-state index contributed by atoms with van der Waals surface area (Å²) >= 11 is 3.96. The lowest BCUT2D eigenvalue weighted by molar-refractivity contribution is -0.377. The van der Waals surface area contributed by atoms with E-state index in [0.717, 1.165) is 5.92 Å². The van der Waals surface area contributed by atoms with Gasteiger partial charge in [-0.3, -0.25) is 4.89 Å². The molecule has 0 spiro atoms. The molecule has 0 N–H and O–H groups in total. The third kappa shape index (κ3) is 7.02. The molecule has 0 aromatic carbocycles. The van der Waals surface area contributed by atoms with Crippen LogP contribution in [-0.2, 0) is 9.98 Å². The van der Waals surface area contributed by atoms with Crippen molar-refractivity contribution in [2.75, 3.05) is 0 Å². The normalized spacial score (nSPS) is 9.82. The van der Waals surface area contributed by atoms with E-state index in [4.69, 9.17) is 0 Å². The van der Waals surface area contributed by atoms with Gasteiger partial charge in [-0.15, -0.1) is 0 Å². The minimum absolute atomic E-state index is 0.744. The van der Waals surface area contributed by atoms with E-state index in [1.165, 1.54) is 5.92 Å². The zero-order chi connectivity index (χ0) is 8.91. The van der Waals surface area contributed by atoms with Crippen molar-refractivity contribution in [2.24, 2.45) is 0 Å². The Morgan fingerprint density at radius 1 is 1.36 bits per heavy atom. The maximum absolute atomic E-state index is 11.2. The maximum Gasteiger partial charge on any atom is 0.458 e. The van der Waals surface area contributed by atoms with E-state index in [1.54, 1.807) is 0 Å². The minimum Gasteiger partial charge on any atom is -0.283 e. The third-order valence-electron chi connectivity index (χ3n) is 0.413. The highest BCUT2D eigenvalue weighted by Crippen LogP contribution is 2.11. The number of thiocarbonyl (C=S) groups is 1. The molecule has 0 unspecified atom stereocenters. The van der Waals surface area contributed by atoms with Crippen molar-refractivity contribution in [2.45, 2.75) is 6.18 Å². The van der Waals surface area contributed by atoms with Crippen LogP contribution in [0, 0.1) is 11.8 Å². The number of halogens is 4. The summed E-state index contributed by atoms with van der Waals surface area (Å²) in [6.07, 6.45) is -4.68. The van der Waals surface area contributed by atoms with Crippen molar-refractivity contribution in [1.29, 1.82) is 0 Å². The zero-order valence-electron chi connectivity index (χ0n) is 4.74. The van der Waals surface area contributed by atoms with E-state index in [9.17, 15) is 17.7 Å². The predicted molar refractivity (Wildman–Crippen MR) is 29.7 cm³/mol. The summed E-state index contributed by atoms with van der Waals surface area (Å²) in [5, 5.41) is 1.53. The third-order valence-corrected chi connectivity index (χ3v) is 0.584. The van der Waals surface area contributed by atoms with Crippen LogP contribution in [0.4, 0.5) is 17.7 Å². The van der Waals surface area contributed by atoms with Gasteiger partial charge >= 0.3 is 6.18 Å². The van der Waals surface area contributed by atoms with Crippen LogP contribution in [0.25, 0.3) is 0 Å². The second kappa shape index (κ2) is 4.10. The van der Waals surface area contributed by atoms with Crippen molar-refractivity contribution >= 4 is 17.3 Å². The van der Waals surface area contributed by atoms with Gasteiger partial charge in [-0.2, -0.15) is 13.2 Å². The molecule has 0 fully saturated rings. The number of hydrogen-bond donors (Lipinski definition) is 0. The van der Waals surface area contributed by atoms with Crippen molar-refractivity contribution in [3.63, 3.8) is 0 Å². The number of rotatable bonds is 1. The molecule has 0 atom stereocenters. The summed E-state index contributed by atoms with van der Waals surface area (Å²) < 4.78 is 44.4. The Morgan fingerprint density at radius 2 is 1.91 bits per heavy atom. The molecular formula is C4F4O2S. The molecule has 0 saturated carbocycles. The highest BCUT2D eigenvalue weighted by molar-refractivity contribution is 7.80. The highest BCUT2D eigenvalue weighted by Gasteiger charge is 2.23. The quantitative estimate of drug-likeness (QED) is 0.205. The molecule has 62 valence electrons. The molecule has 0 aromatic heterocycles. The van der Waals surface area contributed by atoms with Crippen LogP contribution in [0.5, 0.6) is 0 Å². The van der Waals surface area contributed by atoms with Gasteiger partial charge in [-0.25, -0.2) is 0 Å². The van der Waals surface area contributed by atoms with Gasteiger partial charge in [0.25, 0.3) is 5.05 Å². The SMILES string of the molecule is FOOC(=S)C#CC(F)(F)F. The van der Waals surface area contributed by atoms with Crippen molar-refractivity contribution < 1.29 is 27.7 Å². The predicted octanol–water partition coefficient (Wildman–Crippen LogP) is 1.71. The second-order valence-corrected chi connectivity index (χ2v) is 1.55. The lowest BCUT2D eigenvalue weighted by Crippen LogP contribution is -2.04. The van der Waals surface area contributed by atoms with Gasteiger partial charge in [0.2, 0.25) is 0 Å². The molecule has 11 heavy (non-hydrogen) atoms. The lowest BCUT2D eigenvalue weighted by Gasteiger charge is -1.92. The molecule has 0 saturated heterocycles. The Labute approximate surface area is 63.9 Å². The van der Waals surface area contributed by atoms with E-state index in [1.807, 2.05) is 0 Å². The maximum atomic E-state index is 11.2. The first kappa shape index (κ1) is 10.1. The number of alkyl halides is 3. The smallest absolute Gasteiger partial charge is 0.283 e. The van der Waals surface area contributed by atoms with Crippen LogP contribution < -0.4 is 0 Å². The monoisotopic (exact) mass is 188 g/mol. The standard InChI is InChI=1S/C4F4O2S/c5-4(6,7)2-1-3(11)9-10-8. The Bertz CT molecular complexity index is 200. The molecule has 0 aromatic rings. The number of hydrogen-bond acceptors (Lipinski definition) is 3. The minimum atomic E-state index is -4.68. The molecule has 0 amide bonds. The second-order valence-electron chi connectivity index (χ2n) is 1.18. The van der Waals surface area contributed by atoms with Gasteiger partial charge in [0.15, 0.2) is 0 Å². The molecule has 7 heteroatoms. The van der Waals surface area contributed by atoms with E-state index < -0.39 is 11.2 Å². The van der Waals surface area contributed by atoms with Gasteiger partial charge in [0.1, 0.15) is 0 Å². The Hall–Kier alpha value is -0.870. The summed E-state index contributed by atoms with van der Waals surface area (Å²) in [5.41, 5.74) is 0. The average Bonchev–Trinajstić information content (AvgIpc) is 1.83. The highest BCUT2D eigenvalue weighted by atomic mass is 32.1. The van der Waals surface area contributed by atoms with Crippen molar-refractivity contribution in [3.05, 3.63) is 0 Å². The summed E-state index contributed by atoms with van der Waals surface area (Å²) in [6, 6.07) is 0. The van der Waals surface area contributed by atoms with E-state index in [-0.39, 0.29) is 0 Å². The first-order valence-electron chi connectivity index (χ1n) is 2.05. The molecule has 0 radical (unpaired) electrons. The van der Waals surface area contributed by atoms with Gasteiger partial charge < -0.3 is 0 Å². The summed E-state index contributed by atoms with van der Waals surface area (Å²) in [7, 11) is 0. The van der Waals surface area contributed by atoms with Crippen molar-refractivity contribution in [3.8, 4) is 11.8 Å². The van der Waals surface area contributed by atoms with Gasteiger partial charge in [-0.05, 0) is 22.7 Å². The van der Waals surface area contributed by atoms with E-state index >= 15 is 0 Å². The first-order valence-corrected chi connectivity index (χ1v) is 2.45. The van der Waals surface area contributed by atoms with Gasteiger partial charge in [0, 0.05) is 11.0 Å². The molecule has 0 aliphatic heterocycles. The fourth-order valence-electron chi connectivity index (χ4n) is 0.171. The fraction of sp³-hybridized carbons (Fsp3) is 0.250. The molecular weight excluding hydrogens is 188 g/mol. The first-order chi connectivity index (χ1) is 4.95. The van der Waals surface area contributed by atoms with Crippen LogP contribution in [0.15, 0.2) is 0 Å². The molecule has 0 heterocycles. The molecule has 0 bridgehead atoms. The van der Waals surface area contributed by atoms with Gasteiger partial charge in [0.05, 0.1) is 0 Å². The van der Waals surface area contributed by atoms with Crippen LogP contribution in [0.1, 0.15) is 0 Å². The average molecular weight is 188 g/mol. The Balaban J connectivity index is 3.98. The molecule has 2 nitrogen and oxygen atoms in total. The van der Waals surface area contributed by atoms with Crippen LogP contribution in [0.2, 0.25) is 0 Å². The summed E-state index contributed by atoms with van der Waals surface area (Å²) in [6.45, 7) is 0. The molecule has 0 aliphatic carbocycles. The largest absolute Gasteiger partial charge is 0.458 e. The summed E-state index contributed by atoms with van der Waals surface area (Å²) in [5.74, 6) is 2.04. The Kier molecular flexibility index (Phi) is 3.78. The van der Waals surface area contributed by atoms with Crippen LogP contribution >= 0.6 is 12.2 Å². The topological polar surface area (TPSA) is 18.5 Å². The molecule has 0 aliphatic rings. The zero-order valence-corrected chi connectivity index (χ0v) is 5.55. The fourth-order valence-corrected chi connectivity index (χ4v) is 0.248. The molecule has 0 rings (SSSR count). The van der Waals surface area contributed by atoms with E-state index in [0.29, 0.717) is 0 Å². The van der Waals surface area contributed by atoms with Crippen molar-refractivity contribution in [1.82, 2.24) is 0 Å². The van der Waals surface area contributed by atoms with Crippen LogP contribution in [0.3, 0.4) is 0 Å². The Morgan fingerprint density at radius 3 is 2.27 bits per heavy atom.